The summed E-state index contributed by atoms with van der Waals surface area (Å²) in [6, 6.07) is 11.2. The molecule has 0 unspecified atom stereocenters. The van der Waals surface area contributed by atoms with E-state index in [-0.39, 0.29) is 5.91 Å². The predicted octanol–water partition coefficient (Wildman–Crippen LogP) is 3.76. The third-order valence-corrected chi connectivity index (χ3v) is 3.35. The topological polar surface area (TPSA) is 54.0 Å². The number of rotatable bonds is 5. The van der Waals surface area contributed by atoms with Crippen molar-refractivity contribution >= 4 is 40.0 Å². The molecule has 104 valence electrons. The first kappa shape index (κ1) is 14.8. The summed E-state index contributed by atoms with van der Waals surface area (Å²) in [5.41, 5.74) is 1.34. The quantitative estimate of drug-likeness (QED) is 0.776. The fourth-order valence-electron chi connectivity index (χ4n) is 1.74. The lowest BCUT2D eigenvalue weighted by Gasteiger charge is -2.10. The van der Waals surface area contributed by atoms with Gasteiger partial charge in [-0.1, -0.05) is 13.0 Å². The Hall–Kier alpha value is -1.63. The first-order valence-electron chi connectivity index (χ1n) is 6.46. The molecule has 0 bridgehead atoms. The van der Waals surface area contributed by atoms with Gasteiger partial charge in [0.25, 0.3) is 5.91 Å². The van der Waals surface area contributed by atoms with E-state index < -0.39 is 0 Å². The number of halogens is 1. The van der Waals surface area contributed by atoms with Gasteiger partial charge in [0.05, 0.1) is 5.56 Å². The highest BCUT2D eigenvalue weighted by atomic mass is 127. The lowest BCUT2D eigenvalue weighted by molar-refractivity contribution is 0.102. The lowest BCUT2D eigenvalue weighted by atomic mass is 10.2. The van der Waals surface area contributed by atoms with E-state index in [1.54, 1.807) is 18.3 Å². The zero-order valence-corrected chi connectivity index (χ0v) is 13.3. The molecule has 1 aromatic heterocycles. The maximum atomic E-state index is 12.3. The molecule has 0 radical (unpaired) electrons. The molecule has 5 heteroatoms. The molecular weight excluding hydrogens is 365 g/mol. The minimum Gasteiger partial charge on any atom is -0.369 e. The molecule has 0 aliphatic carbocycles. The molecule has 0 atom stereocenters. The standard InChI is InChI=1S/C15H16IN3O/c1-2-8-17-14-13(7-4-9-18-14)15(20)19-12-6-3-5-11(16)10-12/h3-7,9-10H,2,8H2,1H3,(H,17,18)(H,19,20). The number of hydrogen-bond donors (Lipinski definition) is 2. The zero-order valence-electron chi connectivity index (χ0n) is 11.2. The average Bonchev–Trinajstić information content (AvgIpc) is 2.45. The Morgan fingerprint density at radius 3 is 2.90 bits per heavy atom. The number of benzene rings is 1. The summed E-state index contributed by atoms with van der Waals surface area (Å²) in [4.78, 5) is 16.5. The molecular formula is C15H16IN3O. The molecule has 0 saturated carbocycles. The van der Waals surface area contributed by atoms with Crippen molar-refractivity contribution in [2.24, 2.45) is 0 Å². The highest BCUT2D eigenvalue weighted by molar-refractivity contribution is 14.1. The molecule has 0 fully saturated rings. The van der Waals surface area contributed by atoms with Crippen molar-refractivity contribution in [2.75, 3.05) is 17.2 Å². The van der Waals surface area contributed by atoms with E-state index in [1.165, 1.54) is 0 Å². The maximum absolute atomic E-state index is 12.3. The average molecular weight is 381 g/mol. The van der Waals surface area contributed by atoms with E-state index >= 15 is 0 Å². The second kappa shape index (κ2) is 7.23. The van der Waals surface area contributed by atoms with Gasteiger partial charge in [-0.15, -0.1) is 0 Å². The van der Waals surface area contributed by atoms with Crippen molar-refractivity contribution in [2.45, 2.75) is 13.3 Å². The molecule has 0 spiro atoms. The number of nitrogens with zero attached hydrogens (tertiary/aromatic N) is 1. The van der Waals surface area contributed by atoms with Crippen LogP contribution in [0.3, 0.4) is 0 Å². The van der Waals surface area contributed by atoms with E-state index in [2.05, 4.69) is 45.1 Å². The predicted molar refractivity (Wildman–Crippen MR) is 90.1 cm³/mol. The molecule has 1 amide bonds. The third kappa shape index (κ3) is 3.93. The minimum atomic E-state index is -0.154. The monoisotopic (exact) mass is 381 g/mol. The Labute approximate surface area is 132 Å². The Kier molecular flexibility index (Phi) is 5.34. The zero-order chi connectivity index (χ0) is 14.4. The summed E-state index contributed by atoms with van der Waals surface area (Å²) in [5.74, 6) is 0.469. The van der Waals surface area contributed by atoms with Crippen LogP contribution in [0.1, 0.15) is 23.7 Å². The summed E-state index contributed by atoms with van der Waals surface area (Å²) in [6.07, 6.45) is 2.66. The molecule has 0 aliphatic heterocycles. The van der Waals surface area contributed by atoms with Gasteiger partial charge in [0.2, 0.25) is 0 Å². The molecule has 2 rings (SSSR count). The molecule has 1 aromatic carbocycles. The Morgan fingerprint density at radius 2 is 2.15 bits per heavy atom. The normalized spacial score (nSPS) is 10.1. The van der Waals surface area contributed by atoms with E-state index in [9.17, 15) is 4.79 Å². The first-order chi connectivity index (χ1) is 9.70. The molecule has 2 N–H and O–H groups in total. The Balaban J connectivity index is 2.16. The fraction of sp³-hybridized carbons (Fsp3) is 0.200. The number of carbonyl (C=O) groups is 1. The smallest absolute Gasteiger partial charge is 0.259 e. The highest BCUT2D eigenvalue weighted by Gasteiger charge is 2.12. The van der Waals surface area contributed by atoms with Crippen LogP contribution in [0.15, 0.2) is 42.6 Å². The van der Waals surface area contributed by atoms with E-state index in [0.29, 0.717) is 11.4 Å². The van der Waals surface area contributed by atoms with Crippen LogP contribution < -0.4 is 10.6 Å². The van der Waals surface area contributed by atoms with E-state index in [1.807, 2.05) is 24.3 Å². The number of amides is 1. The number of anilines is 2. The Bertz CT molecular complexity index is 601. The molecule has 1 heterocycles. The number of aromatic nitrogens is 1. The van der Waals surface area contributed by atoms with Crippen molar-refractivity contribution in [1.29, 1.82) is 0 Å². The van der Waals surface area contributed by atoms with Gasteiger partial charge in [0.15, 0.2) is 0 Å². The van der Waals surface area contributed by atoms with Gasteiger partial charge in [-0.25, -0.2) is 4.98 Å². The number of pyridine rings is 1. The summed E-state index contributed by atoms with van der Waals surface area (Å²) in [7, 11) is 0. The molecule has 0 saturated heterocycles. The summed E-state index contributed by atoms with van der Waals surface area (Å²) >= 11 is 2.22. The number of hydrogen-bond acceptors (Lipinski definition) is 3. The molecule has 4 nitrogen and oxygen atoms in total. The Morgan fingerprint density at radius 1 is 1.30 bits per heavy atom. The number of carbonyl (C=O) groups excluding carboxylic acids is 1. The highest BCUT2D eigenvalue weighted by Crippen LogP contribution is 2.16. The van der Waals surface area contributed by atoms with E-state index in [0.717, 1.165) is 22.2 Å². The van der Waals surface area contributed by atoms with Gasteiger partial charge in [-0.05, 0) is 59.3 Å². The largest absolute Gasteiger partial charge is 0.369 e. The third-order valence-electron chi connectivity index (χ3n) is 2.68. The molecule has 2 aromatic rings. The van der Waals surface area contributed by atoms with Crippen LogP contribution in [-0.4, -0.2) is 17.4 Å². The second-order valence-corrected chi connectivity index (χ2v) is 5.54. The molecule has 20 heavy (non-hydrogen) atoms. The van der Waals surface area contributed by atoms with Crippen LogP contribution in [-0.2, 0) is 0 Å². The molecule has 0 aliphatic rings. The van der Waals surface area contributed by atoms with Crippen LogP contribution in [0.5, 0.6) is 0 Å². The maximum Gasteiger partial charge on any atom is 0.259 e. The van der Waals surface area contributed by atoms with Crippen molar-refractivity contribution in [1.82, 2.24) is 4.98 Å². The van der Waals surface area contributed by atoms with Gasteiger partial charge < -0.3 is 10.6 Å². The van der Waals surface area contributed by atoms with Crippen molar-refractivity contribution in [3.8, 4) is 0 Å². The van der Waals surface area contributed by atoms with Crippen molar-refractivity contribution in [3.63, 3.8) is 0 Å². The van der Waals surface area contributed by atoms with Crippen LogP contribution in [0.25, 0.3) is 0 Å². The second-order valence-electron chi connectivity index (χ2n) is 4.29. The van der Waals surface area contributed by atoms with Gasteiger partial charge in [0, 0.05) is 22.0 Å². The summed E-state index contributed by atoms with van der Waals surface area (Å²) in [5, 5.41) is 6.06. The fourth-order valence-corrected chi connectivity index (χ4v) is 2.28. The SMILES string of the molecule is CCCNc1ncccc1C(=O)Nc1cccc(I)c1. The van der Waals surface area contributed by atoms with Crippen molar-refractivity contribution < 1.29 is 4.79 Å². The van der Waals surface area contributed by atoms with Crippen LogP contribution in [0.4, 0.5) is 11.5 Å². The summed E-state index contributed by atoms with van der Waals surface area (Å²) in [6.45, 7) is 2.86. The van der Waals surface area contributed by atoms with E-state index in [4.69, 9.17) is 0 Å². The van der Waals surface area contributed by atoms with Gasteiger partial charge in [-0.3, -0.25) is 4.79 Å². The van der Waals surface area contributed by atoms with Crippen molar-refractivity contribution in [3.05, 3.63) is 51.7 Å². The van der Waals surface area contributed by atoms with Crippen LogP contribution >= 0.6 is 22.6 Å². The number of nitrogens with one attached hydrogen (secondary N) is 2. The first-order valence-corrected chi connectivity index (χ1v) is 7.54. The van der Waals surface area contributed by atoms with Gasteiger partial charge >= 0.3 is 0 Å². The van der Waals surface area contributed by atoms with Crippen LogP contribution in [0.2, 0.25) is 0 Å². The summed E-state index contributed by atoms with van der Waals surface area (Å²) < 4.78 is 1.08. The van der Waals surface area contributed by atoms with Gasteiger partial charge in [-0.2, -0.15) is 0 Å². The van der Waals surface area contributed by atoms with Gasteiger partial charge in [0.1, 0.15) is 5.82 Å². The minimum absolute atomic E-state index is 0.154. The van der Waals surface area contributed by atoms with Crippen LogP contribution in [0, 0.1) is 3.57 Å². The lowest BCUT2D eigenvalue weighted by Crippen LogP contribution is -2.16.